The van der Waals surface area contributed by atoms with E-state index < -0.39 is 0 Å². The van der Waals surface area contributed by atoms with Gasteiger partial charge in [0.1, 0.15) is 0 Å². The third kappa shape index (κ3) is 4.50. The lowest BCUT2D eigenvalue weighted by Gasteiger charge is -2.43. The van der Waals surface area contributed by atoms with E-state index in [-0.39, 0.29) is 5.91 Å². The van der Waals surface area contributed by atoms with Gasteiger partial charge >= 0.3 is 0 Å². The first-order chi connectivity index (χ1) is 13.2. The summed E-state index contributed by atoms with van der Waals surface area (Å²) in [6.45, 7) is 4.15. The number of hydrazine groups is 1. The van der Waals surface area contributed by atoms with Crippen LogP contribution in [0.5, 0.6) is 0 Å². The lowest BCUT2D eigenvalue weighted by atomic mass is 9.89. The quantitative estimate of drug-likeness (QED) is 0.795. The SMILES string of the molecule is CN(C(=O)c1cccnc1)N1CCC(OC2CCN(C3CCC3)CC2)CC1. The van der Waals surface area contributed by atoms with E-state index in [1.54, 1.807) is 23.5 Å². The summed E-state index contributed by atoms with van der Waals surface area (Å²) in [5.74, 6) is 0.00540. The molecule has 1 aromatic heterocycles. The van der Waals surface area contributed by atoms with Crippen molar-refractivity contribution in [2.75, 3.05) is 33.2 Å². The van der Waals surface area contributed by atoms with Crippen LogP contribution in [0.25, 0.3) is 0 Å². The average molecular weight is 373 g/mol. The van der Waals surface area contributed by atoms with Crippen molar-refractivity contribution in [2.24, 2.45) is 0 Å². The van der Waals surface area contributed by atoms with Gasteiger partial charge in [-0.2, -0.15) is 0 Å². The molecular weight excluding hydrogens is 340 g/mol. The largest absolute Gasteiger partial charge is 0.375 e. The van der Waals surface area contributed by atoms with E-state index in [1.807, 2.05) is 13.1 Å². The molecule has 0 bridgehead atoms. The minimum absolute atomic E-state index is 0.00540. The van der Waals surface area contributed by atoms with E-state index in [4.69, 9.17) is 4.74 Å². The summed E-state index contributed by atoms with van der Waals surface area (Å²) >= 11 is 0. The minimum Gasteiger partial charge on any atom is -0.375 e. The van der Waals surface area contributed by atoms with E-state index >= 15 is 0 Å². The lowest BCUT2D eigenvalue weighted by Crippen LogP contribution is -2.50. The number of pyridine rings is 1. The summed E-state index contributed by atoms with van der Waals surface area (Å²) in [5.41, 5.74) is 0.636. The summed E-state index contributed by atoms with van der Waals surface area (Å²) in [4.78, 5) is 19.3. The number of rotatable bonds is 5. The molecule has 0 radical (unpaired) electrons. The molecule has 2 saturated heterocycles. The van der Waals surface area contributed by atoms with Crippen molar-refractivity contribution < 1.29 is 9.53 Å². The predicted molar refractivity (Wildman–Crippen MR) is 104 cm³/mol. The van der Waals surface area contributed by atoms with Gasteiger partial charge in [-0.1, -0.05) is 6.42 Å². The lowest BCUT2D eigenvalue weighted by molar-refractivity contribution is -0.0931. The Morgan fingerprint density at radius 2 is 1.74 bits per heavy atom. The number of piperidine rings is 2. The van der Waals surface area contributed by atoms with Gasteiger partial charge in [-0.15, -0.1) is 0 Å². The van der Waals surface area contributed by atoms with Crippen LogP contribution in [-0.4, -0.2) is 77.3 Å². The molecule has 1 saturated carbocycles. The molecular formula is C21H32N4O2. The fourth-order valence-corrected chi connectivity index (χ4v) is 4.48. The zero-order valence-corrected chi connectivity index (χ0v) is 16.4. The number of nitrogens with zero attached hydrogens (tertiary/aromatic N) is 4. The van der Waals surface area contributed by atoms with E-state index in [1.165, 1.54) is 45.2 Å². The maximum Gasteiger partial charge on any atom is 0.269 e. The van der Waals surface area contributed by atoms with Crippen molar-refractivity contribution in [2.45, 2.75) is 63.2 Å². The number of amides is 1. The number of hydrogen-bond donors (Lipinski definition) is 0. The van der Waals surface area contributed by atoms with Crippen molar-refractivity contribution in [3.8, 4) is 0 Å². The molecule has 3 heterocycles. The van der Waals surface area contributed by atoms with Crippen LogP contribution in [0, 0.1) is 0 Å². The number of ether oxygens (including phenoxy) is 1. The second kappa shape index (κ2) is 8.67. The van der Waals surface area contributed by atoms with Gasteiger partial charge in [0.15, 0.2) is 0 Å². The van der Waals surface area contributed by atoms with Crippen LogP contribution in [0.1, 0.15) is 55.3 Å². The number of hydrogen-bond acceptors (Lipinski definition) is 5. The van der Waals surface area contributed by atoms with Gasteiger partial charge in [-0.05, 0) is 50.7 Å². The van der Waals surface area contributed by atoms with E-state index in [2.05, 4.69) is 14.9 Å². The monoisotopic (exact) mass is 372 g/mol. The summed E-state index contributed by atoms with van der Waals surface area (Å²) in [5, 5.41) is 3.87. The Morgan fingerprint density at radius 1 is 1.07 bits per heavy atom. The average Bonchev–Trinajstić information content (AvgIpc) is 2.68. The highest BCUT2D eigenvalue weighted by atomic mass is 16.5. The van der Waals surface area contributed by atoms with E-state index in [9.17, 15) is 4.79 Å². The molecule has 27 heavy (non-hydrogen) atoms. The normalized spacial score (nSPS) is 23.9. The van der Waals surface area contributed by atoms with Crippen molar-refractivity contribution in [1.82, 2.24) is 19.9 Å². The van der Waals surface area contributed by atoms with Crippen LogP contribution >= 0.6 is 0 Å². The molecule has 0 spiro atoms. The van der Waals surface area contributed by atoms with Crippen LogP contribution in [0.4, 0.5) is 0 Å². The topological polar surface area (TPSA) is 48.9 Å². The van der Waals surface area contributed by atoms with Gasteiger partial charge in [0.05, 0.1) is 17.8 Å². The molecule has 1 aliphatic carbocycles. The molecule has 0 unspecified atom stereocenters. The molecule has 0 aromatic carbocycles. The highest BCUT2D eigenvalue weighted by molar-refractivity contribution is 5.93. The maximum atomic E-state index is 12.6. The van der Waals surface area contributed by atoms with Crippen molar-refractivity contribution >= 4 is 5.91 Å². The van der Waals surface area contributed by atoms with E-state index in [0.717, 1.165) is 32.0 Å². The van der Waals surface area contributed by atoms with Gasteiger partial charge in [-0.3, -0.25) is 14.8 Å². The molecule has 2 aliphatic heterocycles. The molecule has 0 N–H and O–H groups in total. The zero-order chi connectivity index (χ0) is 18.6. The fraction of sp³-hybridized carbons (Fsp3) is 0.714. The second-order valence-corrected chi connectivity index (χ2v) is 8.18. The number of carbonyl (C=O) groups is 1. The van der Waals surface area contributed by atoms with E-state index in [0.29, 0.717) is 17.8 Å². The molecule has 6 heteroatoms. The van der Waals surface area contributed by atoms with Gasteiger partial charge in [-0.25, -0.2) is 5.01 Å². The summed E-state index contributed by atoms with van der Waals surface area (Å²) in [6.07, 6.45) is 12.6. The third-order valence-corrected chi connectivity index (χ3v) is 6.50. The molecule has 1 amide bonds. The molecule has 3 aliphatic rings. The molecule has 4 rings (SSSR count). The highest BCUT2D eigenvalue weighted by Crippen LogP contribution is 2.29. The Balaban J connectivity index is 1.19. The summed E-state index contributed by atoms with van der Waals surface area (Å²) in [7, 11) is 1.85. The van der Waals surface area contributed by atoms with Crippen LogP contribution in [0.15, 0.2) is 24.5 Å². The van der Waals surface area contributed by atoms with Gasteiger partial charge < -0.3 is 9.64 Å². The van der Waals surface area contributed by atoms with Crippen LogP contribution in [0.3, 0.4) is 0 Å². The molecule has 6 nitrogen and oxygen atoms in total. The second-order valence-electron chi connectivity index (χ2n) is 8.18. The standard InChI is InChI=1S/C21H32N4O2/c1-23(21(26)17-4-3-11-22-16-17)25-14-9-20(10-15-25)27-19-7-12-24(13-8-19)18-5-2-6-18/h3-4,11,16,18-20H,2,5-10,12-15H2,1H3. The third-order valence-electron chi connectivity index (χ3n) is 6.50. The molecule has 3 fully saturated rings. The molecule has 1 aromatic rings. The Labute approximate surface area is 162 Å². The summed E-state index contributed by atoms with van der Waals surface area (Å²) in [6, 6.07) is 4.48. The maximum absolute atomic E-state index is 12.6. The first-order valence-electron chi connectivity index (χ1n) is 10.5. The highest BCUT2D eigenvalue weighted by Gasteiger charge is 2.31. The molecule has 0 atom stereocenters. The minimum atomic E-state index is 0.00540. The van der Waals surface area contributed by atoms with Gasteiger partial charge in [0.2, 0.25) is 0 Å². The Morgan fingerprint density at radius 3 is 2.30 bits per heavy atom. The van der Waals surface area contributed by atoms with Crippen LogP contribution in [-0.2, 0) is 4.74 Å². The van der Waals surface area contributed by atoms with Gasteiger partial charge in [0.25, 0.3) is 5.91 Å². The van der Waals surface area contributed by atoms with Crippen molar-refractivity contribution in [3.05, 3.63) is 30.1 Å². The van der Waals surface area contributed by atoms with Gasteiger partial charge in [0, 0.05) is 51.7 Å². The number of aromatic nitrogens is 1. The first-order valence-corrected chi connectivity index (χ1v) is 10.5. The fourth-order valence-electron chi connectivity index (χ4n) is 4.48. The first kappa shape index (κ1) is 18.8. The smallest absolute Gasteiger partial charge is 0.269 e. The number of carbonyl (C=O) groups excluding carboxylic acids is 1. The van der Waals surface area contributed by atoms with Crippen molar-refractivity contribution in [1.29, 1.82) is 0 Å². The Bertz CT molecular complexity index is 606. The van der Waals surface area contributed by atoms with Crippen LogP contribution < -0.4 is 0 Å². The van der Waals surface area contributed by atoms with Crippen LogP contribution in [0.2, 0.25) is 0 Å². The zero-order valence-electron chi connectivity index (χ0n) is 16.4. The molecule has 148 valence electrons. The predicted octanol–water partition coefficient (Wildman–Crippen LogP) is 2.57. The van der Waals surface area contributed by atoms with Crippen molar-refractivity contribution in [3.63, 3.8) is 0 Å². The number of likely N-dealkylation sites (tertiary alicyclic amines) is 1. The summed E-state index contributed by atoms with van der Waals surface area (Å²) < 4.78 is 6.42. The Hall–Kier alpha value is -1.50. The Kier molecular flexibility index (Phi) is 6.05.